The van der Waals surface area contributed by atoms with E-state index in [4.69, 9.17) is 0 Å². The highest BCUT2D eigenvalue weighted by atomic mass is 16.1. The van der Waals surface area contributed by atoms with Crippen molar-refractivity contribution in [3.05, 3.63) is 24.3 Å². The van der Waals surface area contributed by atoms with Crippen LogP contribution in [0.25, 0.3) is 0 Å². The molecular formula is C11H16N4O. The molecule has 5 heteroatoms. The van der Waals surface area contributed by atoms with Crippen LogP contribution in [0.2, 0.25) is 0 Å². The van der Waals surface area contributed by atoms with Gasteiger partial charge in [0, 0.05) is 26.2 Å². The van der Waals surface area contributed by atoms with Gasteiger partial charge in [-0.15, -0.1) is 5.11 Å². The minimum absolute atomic E-state index is 0.00247. The number of amides is 1. The van der Waals surface area contributed by atoms with Gasteiger partial charge in [-0.2, -0.15) is 0 Å². The SMILES string of the molecule is CCC(=O)Nc1ccc(N=NN(C)C)cc1. The molecule has 0 heterocycles. The lowest BCUT2D eigenvalue weighted by atomic mass is 10.3. The molecule has 1 amide bonds. The molecule has 5 nitrogen and oxygen atoms in total. The van der Waals surface area contributed by atoms with Crippen LogP contribution in [0.3, 0.4) is 0 Å². The lowest BCUT2D eigenvalue weighted by Crippen LogP contribution is -2.08. The molecule has 0 aliphatic carbocycles. The van der Waals surface area contributed by atoms with E-state index in [0.717, 1.165) is 11.4 Å². The molecule has 1 N–H and O–H groups in total. The maximum Gasteiger partial charge on any atom is 0.224 e. The van der Waals surface area contributed by atoms with Crippen LogP contribution >= 0.6 is 0 Å². The number of benzene rings is 1. The average molecular weight is 220 g/mol. The summed E-state index contributed by atoms with van der Waals surface area (Å²) >= 11 is 0. The Morgan fingerprint density at radius 1 is 1.31 bits per heavy atom. The van der Waals surface area contributed by atoms with Crippen LogP contribution in [-0.4, -0.2) is 25.0 Å². The number of carbonyl (C=O) groups is 1. The van der Waals surface area contributed by atoms with Crippen molar-refractivity contribution >= 4 is 17.3 Å². The van der Waals surface area contributed by atoms with Crippen molar-refractivity contribution in [2.45, 2.75) is 13.3 Å². The predicted molar refractivity (Wildman–Crippen MR) is 63.6 cm³/mol. The van der Waals surface area contributed by atoms with Gasteiger partial charge >= 0.3 is 0 Å². The summed E-state index contributed by atoms with van der Waals surface area (Å²) in [6, 6.07) is 7.21. The van der Waals surface area contributed by atoms with E-state index in [1.165, 1.54) is 0 Å². The van der Waals surface area contributed by atoms with Crippen LogP contribution in [0.4, 0.5) is 11.4 Å². The van der Waals surface area contributed by atoms with E-state index in [-0.39, 0.29) is 5.91 Å². The molecule has 0 unspecified atom stereocenters. The van der Waals surface area contributed by atoms with Crippen LogP contribution in [0.1, 0.15) is 13.3 Å². The zero-order valence-corrected chi connectivity index (χ0v) is 9.77. The molecule has 1 aromatic rings. The Hall–Kier alpha value is -1.91. The molecule has 0 saturated heterocycles. The molecule has 0 spiro atoms. The minimum Gasteiger partial charge on any atom is -0.326 e. The van der Waals surface area contributed by atoms with Gasteiger partial charge < -0.3 is 5.32 Å². The molecule has 0 saturated carbocycles. The summed E-state index contributed by atoms with van der Waals surface area (Å²) in [4.78, 5) is 11.1. The Morgan fingerprint density at radius 3 is 2.44 bits per heavy atom. The van der Waals surface area contributed by atoms with Crippen molar-refractivity contribution in [3.8, 4) is 0 Å². The summed E-state index contributed by atoms with van der Waals surface area (Å²) in [6.07, 6.45) is 0.474. The average Bonchev–Trinajstić information content (AvgIpc) is 2.28. The highest BCUT2D eigenvalue weighted by Gasteiger charge is 1.98. The Labute approximate surface area is 95.1 Å². The molecule has 0 aromatic heterocycles. The minimum atomic E-state index is 0.00247. The van der Waals surface area contributed by atoms with E-state index in [1.807, 2.05) is 6.92 Å². The highest BCUT2D eigenvalue weighted by Crippen LogP contribution is 2.16. The van der Waals surface area contributed by atoms with Gasteiger partial charge in [-0.1, -0.05) is 12.1 Å². The largest absolute Gasteiger partial charge is 0.326 e. The lowest BCUT2D eigenvalue weighted by Gasteiger charge is -2.03. The van der Waals surface area contributed by atoms with Gasteiger partial charge in [0.2, 0.25) is 5.91 Å². The standard InChI is InChI=1S/C11H16N4O/c1-4-11(16)12-9-5-7-10(8-6-9)13-14-15(2)3/h5-8H,4H2,1-3H3,(H,12,16). The smallest absolute Gasteiger partial charge is 0.224 e. The van der Waals surface area contributed by atoms with Crippen molar-refractivity contribution in [3.63, 3.8) is 0 Å². The molecule has 1 aromatic carbocycles. The van der Waals surface area contributed by atoms with Gasteiger partial charge in [0.05, 0.1) is 5.69 Å². The summed E-state index contributed by atoms with van der Waals surface area (Å²) in [5.74, 6) is 0.00247. The number of nitrogens with zero attached hydrogens (tertiary/aromatic N) is 3. The number of hydrogen-bond acceptors (Lipinski definition) is 3. The van der Waals surface area contributed by atoms with Crippen LogP contribution in [0, 0.1) is 0 Å². The Morgan fingerprint density at radius 2 is 1.94 bits per heavy atom. The Kier molecular flexibility index (Phi) is 4.44. The molecule has 0 aliphatic heterocycles. The number of hydrogen-bond donors (Lipinski definition) is 1. The Balaban J connectivity index is 2.64. The number of rotatable bonds is 4. The molecule has 0 aliphatic rings. The van der Waals surface area contributed by atoms with E-state index < -0.39 is 0 Å². The molecule has 16 heavy (non-hydrogen) atoms. The van der Waals surface area contributed by atoms with Crippen molar-refractivity contribution in [2.75, 3.05) is 19.4 Å². The van der Waals surface area contributed by atoms with Crippen molar-refractivity contribution in [1.29, 1.82) is 0 Å². The van der Waals surface area contributed by atoms with Gasteiger partial charge in [-0.3, -0.25) is 9.80 Å². The monoisotopic (exact) mass is 220 g/mol. The first-order valence-electron chi connectivity index (χ1n) is 5.10. The number of anilines is 1. The van der Waals surface area contributed by atoms with E-state index in [0.29, 0.717) is 6.42 Å². The second-order valence-electron chi connectivity index (χ2n) is 3.49. The van der Waals surface area contributed by atoms with Crippen molar-refractivity contribution in [1.82, 2.24) is 5.01 Å². The van der Waals surface area contributed by atoms with Crippen molar-refractivity contribution < 1.29 is 4.79 Å². The Bertz CT molecular complexity index is 370. The maximum atomic E-state index is 11.1. The first-order chi connectivity index (χ1) is 7.61. The van der Waals surface area contributed by atoms with Gasteiger partial charge in [-0.05, 0) is 24.3 Å². The second kappa shape index (κ2) is 5.85. The molecule has 0 fully saturated rings. The molecule has 0 atom stereocenters. The third kappa shape index (κ3) is 4.08. The van der Waals surface area contributed by atoms with Crippen LogP contribution in [0.15, 0.2) is 34.6 Å². The second-order valence-corrected chi connectivity index (χ2v) is 3.49. The van der Waals surface area contributed by atoms with E-state index in [9.17, 15) is 4.79 Å². The molecule has 86 valence electrons. The maximum absolute atomic E-state index is 11.1. The van der Waals surface area contributed by atoms with Crippen LogP contribution < -0.4 is 5.32 Å². The topological polar surface area (TPSA) is 57.1 Å². The number of carbonyl (C=O) groups excluding carboxylic acids is 1. The third-order valence-electron chi connectivity index (χ3n) is 1.81. The molecule has 0 bridgehead atoms. The van der Waals surface area contributed by atoms with Gasteiger partial charge in [-0.25, -0.2) is 0 Å². The normalized spacial score (nSPS) is 10.4. The van der Waals surface area contributed by atoms with Gasteiger partial charge in [0.1, 0.15) is 0 Å². The molecular weight excluding hydrogens is 204 g/mol. The zero-order valence-electron chi connectivity index (χ0n) is 9.77. The fraction of sp³-hybridized carbons (Fsp3) is 0.364. The van der Waals surface area contributed by atoms with Crippen LogP contribution in [-0.2, 0) is 4.79 Å². The quantitative estimate of drug-likeness (QED) is 0.626. The predicted octanol–water partition coefficient (Wildman–Crippen LogP) is 2.60. The fourth-order valence-corrected chi connectivity index (χ4v) is 1.00. The fourth-order valence-electron chi connectivity index (χ4n) is 1.00. The van der Waals surface area contributed by atoms with Crippen molar-refractivity contribution in [2.24, 2.45) is 10.3 Å². The lowest BCUT2D eigenvalue weighted by molar-refractivity contribution is -0.115. The van der Waals surface area contributed by atoms with E-state index >= 15 is 0 Å². The third-order valence-corrected chi connectivity index (χ3v) is 1.81. The van der Waals surface area contributed by atoms with E-state index in [1.54, 1.807) is 43.4 Å². The first-order valence-corrected chi connectivity index (χ1v) is 5.10. The van der Waals surface area contributed by atoms with Gasteiger partial charge in [0.25, 0.3) is 0 Å². The molecule has 0 radical (unpaired) electrons. The number of nitrogens with one attached hydrogen (secondary N) is 1. The zero-order chi connectivity index (χ0) is 12.0. The highest BCUT2D eigenvalue weighted by molar-refractivity contribution is 5.90. The summed E-state index contributed by atoms with van der Waals surface area (Å²) in [7, 11) is 3.61. The first kappa shape index (κ1) is 12.2. The van der Waals surface area contributed by atoms with Crippen LogP contribution in [0.5, 0.6) is 0 Å². The summed E-state index contributed by atoms with van der Waals surface area (Å²) in [5.41, 5.74) is 1.53. The van der Waals surface area contributed by atoms with E-state index in [2.05, 4.69) is 15.7 Å². The molecule has 1 rings (SSSR count). The summed E-state index contributed by atoms with van der Waals surface area (Å²) < 4.78 is 0. The van der Waals surface area contributed by atoms with Gasteiger partial charge in [0.15, 0.2) is 0 Å². The summed E-state index contributed by atoms with van der Waals surface area (Å²) in [5, 5.41) is 12.2. The summed E-state index contributed by atoms with van der Waals surface area (Å²) in [6.45, 7) is 1.81.